The zero-order valence-corrected chi connectivity index (χ0v) is 18.7. The number of hydrogen-bond donors (Lipinski definition) is 1. The summed E-state index contributed by atoms with van der Waals surface area (Å²) >= 11 is 0. The van der Waals surface area contributed by atoms with Crippen molar-refractivity contribution in [3.8, 4) is 0 Å². The van der Waals surface area contributed by atoms with Crippen LogP contribution in [0.25, 0.3) is 0 Å². The first kappa shape index (κ1) is 21.8. The molecule has 4 rings (SSSR count). The molecule has 2 atom stereocenters. The number of benzene rings is 1. The summed E-state index contributed by atoms with van der Waals surface area (Å²) in [5.41, 5.74) is 3.23. The average molecular weight is 423 g/mol. The Labute approximate surface area is 185 Å². The van der Waals surface area contributed by atoms with E-state index in [1.54, 1.807) is 0 Å². The van der Waals surface area contributed by atoms with Crippen LogP contribution in [0.4, 0.5) is 11.5 Å². The van der Waals surface area contributed by atoms with E-state index in [1.807, 2.05) is 48.4 Å². The maximum atomic E-state index is 13.4. The molecule has 1 aromatic carbocycles. The number of aromatic nitrogens is 1. The summed E-state index contributed by atoms with van der Waals surface area (Å²) in [5.74, 6) is 1.35. The molecule has 0 aliphatic carbocycles. The largest absolute Gasteiger partial charge is 0.396 e. The fourth-order valence-corrected chi connectivity index (χ4v) is 4.64. The standard InChI is InChI=1S/C25H34N4O2/c1-19(18-30)20-7-9-23(10-8-20)29-12-4-6-22(25(29)31)17-21-5-3-11-26-24(21)28-15-13-27(2)14-16-28/h3,5,7-11,19,22,30H,4,6,12-18H2,1-2H3. The first-order valence-corrected chi connectivity index (χ1v) is 11.5. The molecule has 2 unspecified atom stereocenters. The van der Waals surface area contributed by atoms with E-state index in [0.29, 0.717) is 0 Å². The van der Waals surface area contributed by atoms with Crippen molar-refractivity contribution in [2.45, 2.75) is 32.1 Å². The minimum Gasteiger partial charge on any atom is -0.396 e. The lowest BCUT2D eigenvalue weighted by atomic mass is 9.90. The second-order valence-corrected chi connectivity index (χ2v) is 8.98. The van der Waals surface area contributed by atoms with Crippen LogP contribution >= 0.6 is 0 Å². The molecule has 166 valence electrons. The molecule has 2 aliphatic rings. The third kappa shape index (κ3) is 4.91. The maximum Gasteiger partial charge on any atom is 0.230 e. The number of likely N-dealkylation sites (N-methyl/N-ethyl adjacent to an activating group) is 1. The van der Waals surface area contributed by atoms with Gasteiger partial charge in [-0.1, -0.05) is 25.1 Å². The van der Waals surface area contributed by atoms with Crippen LogP contribution in [0.5, 0.6) is 0 Å². The van der Waals surface area contributed by atoms with Crippen LogP contribution in [-0.4, -0.2) is 67.3 Å². The smallest absolute Gasteiger partial charge is 0.230 e. The molecule has 3 heterocycles. The number of rotatable bonds is 6. The van der Waals surface area contributed by atoms with Crippen LogP contribution in [-0.2, 0) is 11.2 Å². The molecule has 0 bridgehead atoms. The molecule has 6 heteroatoms. The molecular weight excluding hydrogens is 388 g/mol. The van der Waals surface area contributed by atoms with Crippen LogP contribution in [0.2, 0.25) is 0 Å². The van der Waals surface area contributed by atoms with Gasteiger partial charge in [0, 0.05) is 63.1 Å². The van der Waals surface area contributed by atoms with Gasteiger partial charge in [0.25, 0.3) is 0 Å². The normalized spacial score (nSPS) is 21.4. The number of aliphatic hydroxyl groups excluding tert-OH is 1. The highest BCUT2D eigenvalue weighted by atomic mass is 16.3. The number of amides is 1. The lowest BCUT2D eigenvalue weighted by Crippen LogP contribution is -2.45. The molecule has 31 heavy (non-hydrogen) atoms. The van der Waals surface area contributed by atoms with Gasteiger partial charge in [-0.25, -0.2) is 4.98 Å². The molecule has 1 aromatic heterocycles. The van der Waals surface area contributed by atoms with Crippen molar-refractivity contribution in [3.05, 3.63) is 53.7 Å². The van der Waals surface area contributed by atoms with Gasteiger partial charge in [-0.2, -0.15) is 0 Å². The van der Waals surface area contributed by atoms with Gasteiger partial charge < -0.3 is 19.8 Å². The molecular formula is C25H34N4O2. The Balaban J connectivity index is 1.48. The van der Waals surface area contributed by atoms with Gasteiger partial charge in [0.15, 0.2) is 0 Å². The Hall–Kier alpha value is -2.44. The van der Waals surface area contributed by atoms with E-state index in [9.17, 15) is 9.90 Å². The highest BCUT2D eigenvalue weighted by molar-refractivity contribution is 5.96. The minimum absolute atomic E-state index is 0.0137. The molecule has 2 aliphatic heterocycles. The van der Waals surface area contributed by atoms with Crippen molar-refractivity contribution in [3.63, 3.8) is 0 Å². The predicted octanol–water partition coefficient (Wildman–Crippen LogP) is 2.91. The van der Waals surface area contributed by atoms with Crippen molar-refractivity contribution in [1.29, 1.82) is 0 Å². The third-order valence-electron chi connectivity index (χ3n) is 6.73. The topological polar surface area (TPSA) is 59.9 Å². The second kappa shape index (κ2) is 9.79. The van der Waals surface area contributed by atoms with Crippen molar-refractivity contribution in [2.75, 3.05) is 56.2 Å². The number of anilines is 2. The monoisotopic (exact) mass is 422 g/mol. The maximum absolute atomic E-state index is 13.4. The van der Waals surface area contributed by atoms with Crippen LogP contribution < -0.4 is 9.80 Å². The molecule has 0 saturated carbocycles. The Morgan fingerprint density at radius 2 is 1.84 bits per heavy atom. The molecule has 1 N–H and O–H groups in total. The molecule has 0 spiro atoms. The van der Waals surface area contributed by atoms with Crippen molar-refractivity contribution >= 4 is 17.4 Å². The quantitative estimate of drug-likeness (QED) is 0.776. The second-order valence-electron chi connectivity index (χ2n) is 8.98. The number of pyridine rings is 1. The zero-order valence-electron chi connectivity index (χ0n) is 18.7. The Morgan fingerprint density at radius 1 is 1.10 bits per heavy atom. The van der Waals surface area contributed by atoms with Gasteiger partial charge in [0.2, 0.25) is 5.91 Å². The number of carbonyl (C=O) groups excluding carboxylic acids is 1. The predicted molar refractivity (Wildman–Crippen MR) is 125 cm³/mol. The Bertz CT molecular complexity index is 877. The molecule has 1 amide bonds. The van der Waals surface area contributed by atoms with Crippen molar-refractivity contribution < 1.29 is 9.90 Å². The summed E-state index contributed by atoms with van der Waals surface area (Å²) in [4.78, 5) is 24.7. The average Bonchev–Trinajstić information content (AvgIpc) is 2.81. The SMILES string of the molecule is CC(CO)c1ccc(N2CCCC(Cc3cccnc3N3CCN(C)CC3)C2=O)cc1. The number of piperidine rings is 1. The van der Waals surface area contributed by atoms with E-state index >= 15 is 0 Å². The van der Waals surface area contributed by atoms with E-state index in [4.69, 9.17) is 4.98 Å². The minimum atomic E-state index is -0.0137. The van der Waals surface area contributed by atoms with Crippen LogP contribution in [0.15, 0.2) is 42.6 Å². The number of nitrogens with zero attached hydrogens (tertiary/aromatic N) is 4. The first-order chi connectivity index (χ1) is 15.1. The lowest BCUT2D eigenvalue weighted by molar-refractivity contribution is -0.123. The highest BCUT2D eigenvalue weighted by Gasteiger charge is 2.31. The van der Waals surface area contributed by atoms with E-state index in [0.717, 1.165) is 69.1 Å². The summed E-state index contributed by atoms with van der Waals surface area (Å²) in [6.45, 7) is 6.93. The first-order valence-electron chi connectivity index (χ1n) is 11.5. The highest BCUT2D eigenvalue weighted by Crippen LogP contribution is 2.30. The lowest BCUT2D eigenvalue weighted by Gasteiger charge is -2.35. The van der Waals surface area contributed by atoms with E-state index in [1.165, 1.54) is 5.56 Å². The van der Waals surface area contributed by atoms with Crippen LogP contribution in [0, 0.1) is 5.92 Å². The van der Waals surface area contributed by atoms with Gasteiger partial charge >= 0.3 is 0 Å². The summed E-state index contributed by atoms with van der Waals surface area (Å²) in [7, 11) is 2.16. The molecule has 6 nitrogen and oxygen atoms in total. The number of hydrogen-bond acceptors (Lipinski definition) is 5. The summed E-state index contributed by atoms with van der Waals surface area (Å²) in [5, 5.41) is 9.38. The van der Waals surface area contributed by atoms with Gasteiger partial charge in [-0.3, -0.25) is 4.79 Å². The molecule has 2 fully saturated rings. The molecule has 0 radical (unpaired) electrons. The number of aliphatic hydroxyl groups is 1. The van der Waals surface area contributed by atoms with Gasteiger partial charge in [-0.15, -0.1) is 0 Å². The third-order valence-corrected chi connectivity index (χ3v) is 6.73. The van der Waals surface area contributed by atoms with E-state index < -0.39 is 0 Å². The van der Waals surface area contributed by atoms with Gasteiger partial charge in [-0.05, 0) is 55.6 Å². The number of carbonyl (C=O) groups is 1. The summed E-state index contributed by atoms with van der Waals surface area (Å²) in [6, 6.07) is 12.2. The van der Waals surface area contributed by atoms with Gasteiger partial charge in [0.05, 0.1) is 0 Å². The summed E-state index contributed by atoms with van der Waals surface area (Å²) in [6.07, 6.45) is 4.53. The van der Waals surface area contributed by atoms with E-state index in [2.05, 4.69) is 22.9 Å². The number of piperazine rings is 1. The Morgan fingerprint density at radius 3 is 2.55 bits per heavy atom. The van der Waals surface area contributed by atoms with Crippen LogP contribution in [0.3, 0.4) is 0 Å². The van der Waals surface area contributed by atoms with Crippen molar-refractivity contribution in [1.82, 2.24) is 9.88 Å². The fourth-order valence-electron chi connectivity index (χ4n) is 4.64. The van der Waals surface area contributed by atoms with Gasteiger partial charge in [0.1, 0.15) is 5.82 Å². The van der Waals surface area contributed by atoms with Crippen molar-refractivity contribution in [2.24, 2.45) is 5.92 Å². The molecule has 2 aromatic rings. The zero-order chi connectivity index (χ0) is 21.8. The molecule has 2 saturated heterocycles. The van der Waals surface area contributed by atoms with Crippen LogP contribution in [0.1, 0.15) is 36.8 Å². The van der Waals surface area contributed by atoms with E-state index in [-0.39, 0.29) is 24.3 Å². The Kier molecular flexibility index (Phi) is 6.88. The summed E-state index contributed by atoms with van der Waals surface area (Å²) < 4.78 is 0. The fraction of sp³-hybridized carbons (Fsp3) is 0.520.